The van der Waals surface area contributed by atoms with E-state index in [-0.39, 0.29) is 11.4 Å². The molecular weight excluding hydrogens is 412 g/mol. The van der Waals surface area contributed by atoms with Gasteiger partial charge in [-0.3, -0.25) is 9.59 Å². The lowest BCUT2D eigenvalue weighted by Crippen LogP contribution is -2.57. The van der Waals surface area contributed by atoms with Gasteiger partial charge in [0.05, 0.1) is 22.2 Å². The van der Waals surface area contributed by atoms with Gasteiger partial charge in [0.15, 0.2) is 5.60 Å². The number of fused-ring (bicyclic) bond motifs is 1. The summed E-state index contributed by atoms with van der Waals surface area (Å²) < 4.78 is 8.45. The highest BCUT2D eigenvalue weighted by Crippen LogP contribution is 2.29. The lowest BCUT2D eigenvalue weighted by Gasteiger charge is -2.33. The van der Waals surface area contributed by atoms with Gasteiger partial charge in [0.1, 0.15) is 0 Å². The van der Waals surface area contributed by atoms with Crippen LogP contribution in [0.5, 0.6) is 0 Å². The summed E-state index contributed by atoms with van der Waals surface area (Å²) >= 11 is 1.23. The number of ether oxygens (including phenoxy) is 1. The van der Waals surface area contributed by atoms with Gasteiger partial charge in [0.25, 0.3) is 5.91 Å². The fourth-order valence-electron chi connectivity index (χ4n) is 4.02. The Labute approximate surface area is 184 Å². The summed E-state index contributed by atoms with van der Waals surface area (Å²) in [5.74, 6) is -1.31. The number of benzene rings is 2. The van der Waals surface area contributed by atoms with E-state index in [0.29, 0.717) is 13.0 Å². The fraction of sp³-hybridized carbons (Fsp3) is 0.348. The maximum absolute atomic E-state index is 12.3. The van der Waals surface area contributed by atoms with Gasteiger partial charge >= 0.3 is 4.87 Å². The first kappa shape index (κ1) is 21.2. The van der Waals surface area contributed by atoms with Crippen molar-refractivity contribution in [2.75, 3.05) is 19.7 Å². The molecular formula is C23H24N4O3S. The van der Waals surface area contributed by atoms with Crippen molar-refractivity contribution in [1.29, 1.82) is 5.26 Å². The van der Waals surface area contributed by atoms with E-state index in [1.54, 1.807) is 11.6 Å². The molecule has 0 bridgehead atoms. The van der Waals surface area contributed by atoms with E-state index in [4.69, 9.17) is 10.5 Å². The van der Waals surface area contributed by atoms with Crippen molar-refractivity contribution in [3.05, 3.63) is 57.7 Å². The molecule has 7 nitrogen and oxygen atoms in total. The molecule has 0 aliphatic carbocycles. The lowest BCUT2D eigenvalue weighted by atomic mass is 9.82. The van der Waals surface area contributed by atoms with E-state index < -0.39 is 17.4 Å². The molecule has 2 aromatic carbocycles. The van der Waals surface area contributed by atoms with Gasteiger partial charge < -0.3 is 20.4 Å². The molecule has 1 amide bonds. The average Bonchev–Trinajstić information content (AvgIpc) is 2.95. The molecule has 0 spiro atoms. The second-order valence-corrected chi connectivity index (χ2v) is 8.82. The van der Waals surface area contributed by atoms with Crippen LogP contribution in [-0.2, 0) is 23.0 Å². The van der Waals surface area contributed by atoms with E-state index in [1.165, 1.54) is 11.3 Å². The number of carbonyl (C=O) groups is 1. The van der Waals surface area contributed by atoms with Gasteiger partial charge in [-0.05, 0) is 48.2 Å². The number of nitrogens with one attached hydrogen (secondary N) is 1. The largest absolute Gasteiger partial charge is 0.367 e. The summed E-state index contributed by atoms with van der Waals surface area (Å²) in [6.07, 6.45) is 1.13. The summed E-state index contributed by atoms with van der Waals surface area (Å²) in [4.78, 5) is 24.2. The van der Waals surface area contributed by atoms with Crippen LogP contribution >= 0.6 is 11.3 Å². The number of nitrogens with zero attached hydrogens (tertiary/aromatic N) is 2. The van der Waals surface area contributed by atoms with Gasteiger partial charge in [-0.15, -0.1) is 0 Å². The number of hydrogen-bond donors (Lipinski definition) is 2. The first-order chi connectivity index (χ1) is 14.9. The number of amides is 1. The van der Waals surface area contributed by atoms with E-state index in [2.05, 4.69) is 11.4 Å². The Morgan fingerprint density at radius 3 is 2.77 bits per heavy atom. The predicted octanol–water partition coefficient (Wildman–Crippen LogP) is 2.18. The van der Waals surface area contributed by atoms with Gasteiger partial charge in [-0.25, -0.2) is 0 Å². The topological polar surface area (TPSA) is 110 Å². The highest BCUT2D eigenvalue weighted by atomic mass is 32.1. The maximum atomic E-state index is 12.3. The zero-order valence-electron chi connectivity index (χ0n) is 17.3. The summed E-state index contributed by atoms with van der Waals surface area (Å²) in [6.45, 7) is 1.35. The van der Waals surface area contributed by atoms with Crippen LogP contribution in [0.15, 0.2) is 47.3 Å². The van der Waals surface area contributed by atoms with Crippen LogP contribution in [0.4, 0.5) is 0 Å². The van der Waals surface area contributed by atoms with Gasteiger partial charge in [0, 0.05) is 20.2 Å². The van der Waals surface area contributed by atoms with Crippen molar-refractivity contribution in [2.45, 2.75) is 18.4 Å². The van der Waals surface area contributed by atoms with E-state index >= 15 is 0 Å². The molecule has 1 fully saturated rings. The van der Waals surface area contributed by atoms with Crippen LogP contribution in [0.3, 0.4) is 0 Å². The molecule has 4 rings (SSSR count). The molecule has 160 valence electrons. The van der Waals surface area contributed by atoms with Crippen LogP contribution in [0, 0.1) is 17.2 Å². The third-order valence-electron chi connectivity index (χ3n) is 5.90. The van der Waals surface area contributed by atoms with Crippen LogP contribution in [0.2, 0.25) is 0 Å². The van der Waals surface area contributed by atoms with Crippen LogP contribution in [0.1, 0.15) is 12.0 Å². The zero-order valence-corrected chi connectivity index (χ0v) is 18.1. The van der Waals surface area contributed by atoms with Crippen molar-refractivity contribution in [1.82, 2.24) is 9.88 Å². The highest BCUT2D eigenvalue weighted by molar-refractivity contribution is 7.16. The number of aromatic nitrogens is 1. The number of carbonyl (C=O) groups excluding carboxylic acids is 1. The van der Waals surface area contributed by atoms with Crippen LogP contribution < -0.4 is 15.9 Å². The molecule has 3 N–H and O–H groups in total. The van der Waals surface area contributed by atoms with Crippen molar-refractivity contribution < 1.29 is 9.53 Å². The monoisotopic (exact) mass is 436 g/mol. The number of hydrogen-bond acceptors (Lipinski definition) is 6. The molecule has 1 aliphatic rings. The number of aryl methyl sites for hydroxylation is 1. The number of thiazole rings is 1. The molecule has 8 heteroatoms. The Morgan fingerprint density at radius 1 is 1.32 bits per heavy atom. The SMILES string of the molecule is Cn1c(=O)sc2ccc(-c3ccc(C[C@@H](C#N)C4(C(N)=O)CNCCCO4)cc3)cc21. The third kappa shape index (κ3) is 4.00. The second kappa shape index (κ2) is 8.63. The number of primary amides is 1. The number of rotatable bonds is 5. The quantitative estimate of drug-likeness (QED) is 0.637. The second-order valence-electron chi connectivity index (χ2n) is 7.82. The van der Waals surface area contributed by atoms with Crippen molar-refractivity contribution >= 4 is 27.5 Å². The van der Waals surface area contributed by atoms with Gasteiger partial charge in [-0.1, -0.05) is 41.7 Å². The van der Waals surface area contributed by atoms with Crippen molar-refractivity contribution in [3.63, 3.8) is 0 Å². The summed E-state index contributed by atoms with van der Waals surface area (Å²) in [6, 6.07) is 16.1. The molecule has 0 radical (unpaired) electrons. The minimum absolute atomic E-state index is 0.0173. The number of nitrogens with two attached hydrogens (primary N) is 1. The Kier molecular flexibility index (Phi) is 5.92. The molecule has 1 aliphatic heterocycles. The Hall–Kier alpha value is -2.99. The molecule has 3 aromatic rings. The van der Waals surface area contributed by atoms with Crippen molar-refractivity contribution in [3.8, 4) is 17.2 Å². The van der Waals surface area contributed by atoms with Crippen molar-refractivity contribution in [2.24, 2.45) is 18.7 Å². The smallest absolute Gasteiger partial charge is 0.307 e. The van der Waals surface area contributed by atoms with Gasteiger partial charge in [0.2, 0.25) is 0 Å². The predicted molar refractivity (Wildman–Crippen MR) is 121 cm³/mol. The maximum Gasteiger partial charge on any atom is 0.307 e. The Balaban J connectivity index is 1.59. The summed E-state index contributed by atoms with van der Waals surface area (Å²) in [7, 11) is 1.77. The Bertz CT molecular complexity index is 1200. The average molecular weight is 437 g/mol. The molecule has 31 heavy (non-hydrogen) atoms. The van der Waals surface area contributed by atoms with E-state index in [9.17, 15) is 14.9 Å². The molecule has 2 atom stereocenters. The molecule has 0 saturated carbocycles. The normalized spacial score (nSPS) is 20.1. The first-order valence-corrected chi connectivity index (χ1v) is 11.0. The minimum Gasteiger partial charge on any atom is -0.367 e. The van der Waals surface area contributed by atoms with Gasteiger partial charge in [-0.2, -0.15) is 5.26 Å². The summed E-state index contributed by atoms with van der Waals surface area (Å²) in [5, 5.41) is 13.0. The first-order valence-electron chi connectivity index (χ1n) is 10.2. The molecule has 1 unspecified atom stereocenters. The van der Waals surface area contributed by atoms with Crippen LogP contribution in [-0.4, -0.2) is 35.8 Å². The standard InChI is InChI=1S/C23H24N4O3S/c1-27-19-12-17(7-8-20(19)31-22(27)29)16-5-3-15(4-6-16)11-18(13-24)23(21(25)28)14-26-9-2-10-30-23/h3-8,12,18,26H,2,9-11,14H2,1H3,(H2,25,28)/t18-,23?/m0/s1. The number of nitriles is 1. The molecule has 1 aromatic heterocycles. The molecule has 1 saturated heterocycles. The zero-order chi connectivity index (χ0) is 22.0. The van der Waals surface area contributed by atoms with Crippen LogP contribution in [0.25, 0.3) is 21.3 Å². The fourth-order valence-corrected chi connectivity index (χ4v) is 4.88. The molecule has 2 heterocycles. The van der Waals surface area contributed by atoms with E-state index in [0.717, 1.165) is 39.9 Å². The summed E-state index contributed by atoms with van der Waals surface area (Å²) in [5.41, 5.74) is 8.19. The third-order valence-corrected chi connectivity index (χ3v) is 6.91. The lowest BCUT2D eigenvalue weighted by molar-refractivity contribution is -0.147. The Morgan fingerprint density at radius 2 is 2.06 bits per heavy atom. The minimum atomic E-state index is -1.33. The van der Waals surface area contributed by atoms with E-state index in [1.807, 2.05) is 42.5 Å². The highest BCUT2D eigenvalue weighted by Gasteiger charge is 2.46.